The van der Waals surface area contributed by atoms with E-state index in [4.69, 9.17) is 11.6 Å². The van der Waals surface area contributed by atoms with Crippen LogP contribution >= 0.6 is 11.6 Å². The summed E-state index contributed by atoms with van der Waals surface area (Å²) in [6.45, 7) is 5.79. The predicted molar refractivity (Wildman–Crippen MR) is 90.9 cm³/mol. The molecule has 1 unspecified atom stereocenters. The predicted octanol–water partition coefficient (Wildman–Crippen LogP) is 2.94. The Bertz CT molecular complexity index is 799. The lowest BCUT2D eigenvalue weighted by molar-refractivity contribution is 0.269. The molecule has 5 nitrogen and oxygen atoms in total. The molecule has 0 N–H and O–H groups in total. The van der Waals surface area contributed by atoms with E-state index in [-0.39, 0.29) is 32.8 Å². The number of hydrogen-bond donors (Lipinski definition) is 0. The molecule has 8 heteroatoms. The van der Waals surface area contributed by atoms with Gasteiger partial charge < -0.3 is 0 Å². The van der Waals surface area contributed by atoms with Crippen LogP contribution in [0.25, 0.3) is 0 Å². The van der Waals surface area contributed by atoms with Crippen LogP contribution in [0, 0.1) is 5.92 Å². The summed E-state index contributed by atoms with van der Waals surface area (Å²) in [5.41, 5.74) is 0. The molecule has 2 rings (SSSR count). The van der Waals surface area contributed by atoms with Crippen molar-refractivity contribution in [3.63, 3.8) is 0 Å². The van der Waals surface area contributed by atoms with E-state index < -0.39 is 19.9 Å². The molecule has 0 heterocycles. The van der Waals surface area contributed by atoms with Gasteiger partial charge >= 0.3 is 0 Å². The van der Waals surface area contributed by atoms with Gasteiger partial charge in [-0.25, -0.2) is 16.8 Å². The fourth-order valence-corrected chi connectivity index (χ4v) is 5.63. The van der Waals surface area contributed by atoms with E-state index in [0.29, 0.717) is 0 Å². The molecule has 1 aromatic rings. The molecular weight excluding hydrogens is 358 g/mol. The normalized spacial score (nSPS) is 17.7. The number of hydrogen-bond acceptors (Lipinski definition) is 4. The maximum Gasteiger partial charge on any atom is 0.245 e. The first kappa shape index (κ1) is 18.7. The molecule has 1 aliphatic rings. The number of sulfonamides is 1. The summed E-state index contributed by atoms with van der Waals surface area (Å²) in [4.78, 5) is -0.185. The third-order valence-corrected chi connectivity index (χ3v) is 7.79. The second-order valence-corrected chi connectivity index (χ2v) is 10.6. The van der Waals surface area contributed by atoms with Crippen LogP contribution < -0.4 is 0 Å². The molecule has 0 aliphatic heterocycles. The van der Waals surface area contributed by atoms with Gasteiger partial charge in [-0.2, -0.15) is 4.31 Å². The molecule has 0 spiro atoms. The SMILES string of the molecule is CC(C)C(C)N(C1CC1)S(=O)(=O)c1cc(S(C)(=O)=O)ccc1Cl. The lowest BCUT2D eigenvalue weighted by atomic mass is 10.1. The average Bonchev–Trinajstić information content (AvgIpc) is 3.21. The van der Waals surface area contributed by atoms with E-state index in [2.05, 4.69) is 0 Å². The zero-order chi connectivity index (χ0) is 17.6. The Kier molecular flexibility index (Phi) is 5.16. The van der Waals surface area contributed by atoms with Crippen molar-refractivity contribution >= 4 is 31.5 Å². The molecule has 23 heavy (non-hydrogen) atoms. The van der Waals surface area contributed by atoms with Gasteiger partial charge in [-0.15, -0.1) is 0 Å². The van der Waals surface area contributed by atoms with Crippen molar-refractivity contribution in [3.8, 4) is 0 Å². The van der Waals surface area contributed by atoms with Gasteiger partial charge in [0.05, 0.1) is 9.92 Å². The summed E-state index contributed by atoms with van der Waals surface area (Å²) in [6, 6.07) is 3.59. The van der Waals surface area contributed by atoms with Crippen molar-refractivity contribution in [1.82, 2.24) is 4.31 Å². The first-order valence-electron chi connectivity index (χ1n) is 7.49. The lowest BCUT2D eigenvalue weighted by Gasteiger charge is -2.31. The van der Waals surface area contributed by atoms with Gasteiger partial charge in [0.15, 0.2) is 9.84 Å². The first-order chi connectivity index (χ1) is 10.5. The molecular formula is C15H22ClNO4S2. The zero-order valence-electron chi connectivity index (χ0n) is 13.7. The van der Waals surface area contributed by atoms with Crippen LogP contribution in [0.4, 0.5) is 0 Å². The van der Waals surface area contributed by atoms with Gasteiger partial charge in [-0.1, -0.05) is 25.4 Å². The molecule has 1 aliphatic carbocycles. The highest BCUT2D eigenvalue weighted by Crippen LogP contribution is 2.38. The van der Waals surface area contributed by atoms with Crippen LogP contribution in [0.1, 0.15) is 33.6 Å². The van der Waals surface area contributed by atoms with E-state index in [1.165, 1.54) is 16.4 Å². The monoisotopic (exact) mass is 379 g/mol. The van der Waals surface area contributed by atoms with Gasteiger partial charge in [0.25, 0.3) is 0 Å². The second kappa shape index (κ2) is 6.35. The van der Waals surface area contributed by atoms with Gasteiger partial charge in [0.2, 0.25) is 10.0 Å². The van der Waals surface area contributed by atoms with Crippen LogP contribution in [0.2, 0.25) is 5.02 Å². The van der Waals surface area contributed by atoms with E-state index >= 15 is 0 Å². The highest BCUT2D eigenvalue weighted by atomic mass is 35.5. The number of rotatable bonds is 6. The summed E-state index contributed by atoms with van der Waals surface area (Å²) in [5.74, 6) is 0.141. The van der Waals surface area contributed by atoms with Crippen molar-refractivity contribution in [2.24, 2.45) is 5.92 Å². The van der Waals surface area contributed by atoms with E-state index in [9.17, 15) is 16.8 Å². The third kappa shape index (κ3) is 3.90. The number of nitrogens with zero attached hydrogens (tertiary/aromatic N) is 1. The van der Waals surface area contributed by atoms with Gasteiger partial charge in [0, 0.05) is 18.3 Å². The number of benzene rings is 1. The standard InChI is InChI=1S/C15H22ClNO4S2/c1-10(2)11(3)17(12-5-6-12)23(20,21)15-9-13(22(4,18)19)7-8-14(15)16/h7-12H,5-6H2,1-4H3. The van der Waals surface area contributed by atoms with Crippen LogP contribution in [0.3, 0.4) is 0 Å². The Morgan fingerprint density at radius 1 is 1.13 bits per heavy atom. The Morgan fingerprint density at radius 2 is 1.70 bits per heavy atom. The molecule has 0 bridgehead atoms. The van der Waals surface area contributed by atoms with Crippen molar-refractivity contribution < 1.29 is 16.8 Å². The molecule has 0 aromatic heterocycles. The topological polar surface area (TPSA) is 71.5 Å². The largest absolute Gasteiger partial charge is 0.245 e. The molecule has 1 fully saturated rings. The highest BCUT2D eigenvalue weighted by Gasteiger charge is 2.42. The Balaban J connectivity index is 2.58. The Morgan fingerprint density at radius 3 is 2.13 bits per heavy atom. The fourth-order valence-electron chi connectivity index (χ4n) is 2.40. The highest BCUT2D eigenvalue weighted by molar-refractivity contribution is 7.91. The van der Waals surface area contributed by atoms with Gasteiger partial charge in [-0.3, -0.25) is 0 Å². The summed E-state index contributed by atoms with van der Waals surface area (Å²) < 4.78 is 51.2. The van der Waals surface area contributed by atoms with Crippen LogP contribution in [-0.2, 0) is 19.9 Å². The molecule has 1 atom stereocenters. The molecule has 1 saturated carbocycles. The molecule has 1 aromatic carbocycles. The lowest BCUT2D eigenvalue weighted by Crippen LogP contribution is -2.43. The van der Waals surface area contributed by atoms with E-state index in [1.54, 1.807) is 0 Å². The van der Waals surface area contributed by atoms with Crippen LogP contribution in [0.5, 0.6) is 0 Å². The third-order valence-electron chi connectivity index (χ3n) is 4.16. The second-order valence-electron chi connectivity index (χ2n) is 6.42. The smallest absolute Gasteiger partial charge is 0.224 e. The first-order valence-corrected chi connectivity index (χ1v) is 11.2. The number of sulfone groups is 1. The Hall–Kier alpha value is -0.630. The fraction of sp³-hybridized carbons (Fsp3) is 0.600. The van der Waals surface area contributed by atoms with E-state index in [0.717, 1.165) is 25.2 Å². The van der Waals surface area contributed by atoms with E-state index in [1.807, 2.05) is 20.8 Å². The van der Waals surface area contributed by atoms with Crippen molar-refractivity contribution in [2.45, 2.75) is 55.5 Å². The molecule has 130 valence electrons. The summed E-state index contributed by atoms with van der Waals surface area (Å²) in [6.07, 6.45) is 2.68. The average molecular weight is 380 g/mol. The minimum atomic E-state index is -3.86. The molecule has 0 amide bonds. The van der Waals surface area contributed by atoms with Gasteiger partial charge in [-0.05, 0) is 43.9 Å². The van der Waals surface area contributed by atoms with Crippen molar-refractivity contribution in [3.05, 3.63) is 23.2 Å². The minimum absolute atomic E-state index is 0.0321. The maximum atomic E-state index is 13.1. The molecule has 0 radical (unpaired) electrons. The van der Waals surface area contributed by atoms with Crippen molar-refractivity contribution in [2.75, 3.05) is 6.26 Å². The summed E-state index contributed by atoms with van der Waals surface area (Å²) >= 11 is 6.08. The number of halogens is 1. The summed E-state index contributed by atoms with van der Waals surface area (Å²) in [5, 5.41) is 0.0407. The Labute approximate surface area is 143 Å². The molecule has 0 saturated heterocycles. The van der Waals surface area contributed by atoms with Crippen LogP contribution in [-0.4, -0.2) is 39.5 Å². The minimum Gasteiger partial charge on any atom is -0.224 e. The van der Waals surface area contributed by atoms with Crippen LogP contribution in [0.15, 0.2) is 28.0 Å². The summed E-state index contributed by atoms with van der Waals surface area (Å²) in [7, 11) is -7.37. The van der Waals surface area contributed by atoms with Gasteiger partial charge in [0.1, 0.15) is 4.90 Å². The quantitative estimate of drug-likeness (QED) is 0.761. The van der Waals surface area contributed by atoms with Crippen molar-refractivity contribution in [1.29, 1.82) is 0 Å². The maximum absolute atomic E-state index is 13.1. The zero-order valence-corrected chi connectivity index (χ0v) is 16.0.